The maximum atomic E-state index is 12.8. The van der Waals surface area contributed by atoms with E-state index in [1.54, 1.807) is 17.9 Å². The molecule has 2 aromatic heterocycles. The summed E-state index contributed by atoms with van der Waals surface area (Å²) in [4.78, 5) is 26.8. The van der Waals surface area contributed by atoms with Gasteiger partial charge in [0.1, 0.15) is 6.04 Å². The van der Waals surface area contributed by atoms with Crippen molar-refractivity contribution in [2.75, 3.05) is 20.1 Å². The van der Waals surface area contributed by atoms with Gasteiger partial charge in [0.05, 0.1) is 6.20 Å². The normalized spacial score (nSPS) is 16.0. The molecule has 1 unspecified atom stereocenters. The lowest BCUT2D eigenvalue weighted by molar-refractivity contribution is -0.134. The Morgan fingerprint density at radius 1 is 1.35 bits per heavy atom. The Labute approximate surface area is 163 Å². The first-order valence-electron chi connectivity index (χ1n) is 8.36. The monoisotopic (exact) mass is 397 g/mol. The van der Waals surface area contributed by atoms with Crippen LogP contribution in [0.15, 0.2) is 29.2 Å². The Morgan fingerprint density at radius 2 is 2.08 bits per heavy atom. The van der Waals surface area contributed by atoms with E-state index in [1.807, 2.05) is 35.0 Å². The highest BCUT2D eigenvalue weighted by atomic mass is 35.5. The van der Waals surface area contributed by atoms with E-state index >= 15 is 0 Å². The second-order valence-corrected chi connectivity index (χ2v) is 7.03. The van der Waals surface area contributed by atoms with Crippen molar-refractivity contribution in [1.82, 2.24) is 25.3 Å². The number of halogens is 1. The van der Waals surface area contributed by atoms with E-state index in [0.29, 0.717) is 18.7 Å². The number of carbonyl (C=O) groups excluding carboxylic acids is 2. The Morgan fingerprint density at radius 3 is 2.62 bits per heavy atom. The van der Waals surface area contributed by atoms with Crippen LogP contribution < -0.4 is 10.6 Å². The zero-order valence-corrected chi connectivity index (χ0v) is 16.5. The van der Waals surface area contributed by atoms with Gasteiger partial charge in [-0.2, -0.15) is 16.4 Å². The molecule has 1 aliphatic heterocycles. The predicted molar refractivity (Wildman–Crippen MR) is 104 cm³/mol. The van der Waals surface area contributed by atoms with Gasteiger partial charge in [0.15, 0.2) is 0 Å². The maximum Gasteiger partial charge on any atom is 0.252 e. The Bertz CT molecular complexity index is 725. The van der Waals surface area contributed by atoms with E-state index in [4.69, 9.17) is 0 Å². The minimum absolute atomic E-state index is 0. The molecule has 0 radical (unpaired) electrons. The third-order valence-electron chi connectivity index (χ3n) is 4.52. The summed E-state index contributed by atoms with van der Waals surface area (Å²) < 4.78 is 1.69. The molecule has 2 aromatic rings. The first-order valence-corrected chi connectivity index (χ1v) is 9.30. The van der Waals surface area contributed by atoms with Crippen molar-refractivity contribution in [3.05, 3.63) is 40.3 Å². The molecule has 9 heteroatoms. The molecule has 1 atom stereocenters. The number of likely N-dealkylation sites (N-methyl/N-ethyl adjacent to an activating group) is 1. The molecule has 2 amide bonds. The zero-order chi connectivity index (χ0) is 17.8. The van der Waals surface area contributed by atoms with E-state index in [1.165, 1.54) is 11.3 Å². The smallest absolute Gasteiger partial charge is 0.252 e. The van der Waals surface area contributed by atoms with Crippen molar-refractivity contribution in [2.45, 2.75) is 24.9 Å². The molecule has 3 rings (SSSR count). The summed E-state index contributed by atoms with van der Waals surface area (Å²) in [7, 11) is 3.62. The number of carbonyl (C=O) groups is 2. The molecule has 1 aliphatic rings. The standard InChI is InChI=1S/C17H23N5O2S.ClH/c1-18-15(13-9-19-21(2)10-13)17(24)22-6-3-14(4-7-22)20-16(23)12-5-8-25-11-12;/h5,8-11,14-15,18H,3-4,6-7H2,1-2H3,(H,20,23);1H. The van der Waals surface area contributed by atoms with E-state index in [0.717, 1.165) is 18.4 Å². The van der Waals surface area contributed by atoms with Gasteiger partial charge in [-0.05, 0) is 31.3 Å². The average Bonchev–Trinajstić information content (AvgIpc) is 3.28. The third-order valence-corrected chi connectivity index (χ3v) is 5.20. The van der Waals surface area contributed by atoms with Crippen LogP contribution in [0.4, 0.5) is 0 Å². The van der Waals surface area contributed by atoms with Gasteiger partial charge < -0.3 is 15.5 Å². The fraction of sp³-hybridized carbons (Fsp3) is 0.471. The molecule has 0 bridgehead atoms. The second-order valence-electron chi connectivity index (χ2n) is 6.25. The lowest BCUT2D eigenvalue weighted by Crippen LogP contribution is -2.49. The van der Waals surface area contributed by atoms with Gasteiger partial charge in [0.25, 0.3) is 5.91 Å². The fourth-order valence-electron chi connectivity index (χ4n) is 3.11. The maximum absolute atomic E-state index is 12.8. The van der Waals surface area contributed by atoms with Crippen LogP contribution >= 0.6 is 23.7 Å². The molecule has 1 saturated heterocycles. The van der Waals surface area contributed by atoms with E-state index in [-0.39, 0.29) is 36.3 Å². The number of nitrogens with zero attached hydrogens (tertiary/aromatic N) is 3. The summed E-state index contributed by atoms with van der Waals surface area (Å²) in [5, 5.41) is 14.0. The van der Waals surface area contributed by atoms with Crippen LogP contribution in [-0.4, -0.2) is 52.7 Å². The largest absolute Gasteiger partial charge is 0.349 e. The molecule has 1 fully saturated rings. The Hall–Kier alpha value is -1.90. The summed E-state index contributed by atoms with van der Waals surface area (Å²) in [6.07, 6.45) is 5.11. The lowest BCUT2D eigenvalue weighted by atomic mass is 10.0. The van der Waals surface area contributed by atoms with E-state index < -0.39 is 0 Å². The molecule has 0 aromatic carbocycles. The predicted octanol–water partition coefficient (Wildman–Crippen LogP) is 1.58. The van der Waals surface area contributed by atoms with Crippen molar-refractivity contribution >= 4 is 35.6 Å². The molecule has 2 N–H and O–H groups in total. The summed E-state index contributed by atoms with van der Waals surface area (Å²) in [5.41, 5.74) is 1.57. The number of hydrogen-bond acceptors (Lipinski definition) is 5. The number of aromatic nitrogens is 2. The number of aryl methyl sites for hydroxylation is 1. The first kappa shape index (κ1) is 20.4. The number of thiophene rings is 1. The molecule has 0 saturated carbocycles. The highest BCUT2D eigenvalue weighted by Crippen LogP contribution is 2.19. The number of rotatable bonds is 5. The number of likely N-dealkylation sites (tertiary alicyclic amines) is 1. The lowest BCUT2D eigenvalue weighted by Gasteiger charge is -2.34. The zero-order valence-electron chi connectivity index (χ0n) is 14.8. The number of nitrogens with one attached hydrogen (secondary N) is 2. The van der Waals surface area contributed by atoms with Crippen LogP contribution in [0, 0.1) is 0 Å². The summed E-state index contributed by atoms with van der Waals surface area (Å²) in [6.45, 7) is 1.29. The van der Waals surface area contributed by atoms with Crippen molar-refractivity contribution in [3.8, 4) is 0 Å². The molecule has 0 spiro atoms. The second kappa shape index (κ2) is 9.16. The van der Waals surface area contributed by atoms with Crippen LogP contribution in [0.1, 0.15) is 34.8 Å². The number of piperidine rings is 1. The van der Waals surface area contributed by atoms with Gasteiger partial charge >= 0.3 is 0 Å². The Balaban J connectivity index is 0.00000243. The molecule has 142 valence electrons. The highest BCUT2D eigenvalue weighted by molar-refractivity contribution is 7.08. The molecule has 26 heavy (non-hydrogen) atoms. The van der Waals surface area contributed by atoms with Crippen molar-refractivity contribution in [2.24, 2.45) is 7.05 Å². The van der Waals surface area contributed by atoms with Gasteiger partial charge in [0.2, 0.25) is 5.91 Å². The topological polar surface area (TPSA) is 79.3 Å². The van der Waals surface area contributed by atoms with Crippen molar-refractivity contribution in [1.29, 1.82) is 0 Å². The van der Waals surface area contributed by atoms with Crippen LogP contribution in [0.3, 0.4) is 0 Å². The SMILES string of the molecule is CNC(C(=O)N1CCC(NC(=O)c2ccsc2)CC1)c1cnn(C)c1.Cl. The number of amides is 2. The quantitative estimate of drug-likeness (QED) is 0.802. The summed E-state index contributed by atoms with van der Waals surface area (Å²) in [6, 6.07) is 1.55. The van der Waals surface area contributed by atoms with E-state index in [9.17, 15) is 9.59 Å². The van der Waals surface area contributed by atoms with Crippen LogP contribution in [0.2, 0.25) is 0 Å². The molecular weight excluding hydrogens is 374 g/mol. The minimum Gasteiger partial charge on any atom is -0.349 e. The molecule has 0 aliphatic carbocycles. The molecule has 3 heterocycles. The average molecular weight is 398 g/mol. The van der Waals surface area contributed by atoms with Crippen LogP contribution in [0.5, 0.6) is 0 Å². The molecular formula is C17H24ClN5O2S. The van der Waals surface area contributed by atoms with Crippen LogP contribution in [-0.2, 0) is 11.8 Å². The van der Waals surface area contributed by atoms with E-state index in [2.05, 4.69) is 15.7 Å². The fourth-order valence-corrected chi connectivity index (χ4v) is 3.75. The van der Waals surface area contributed by atoms with Gasteiger partial charge in [-0.3, -0.25) is 14.3 Å². The highest BCUT2D eigenvalue weighted by Gasteiger charge is 2.29. The number of hydrogen-bond donors (Lipinski definition) is 2. The van der Waals surface area contributed by atoms with Gasteiger partial charge in [-0.25, -0.2) is 0 Å². The summed E-state index contributed by atoms with van der Waals surface area (Å²) >= 11 is 1.51. The minimum atomic E-state index is -0.384. The van der Waals surface area contributed by atoms with Gasteiger partial charge in [-0.15, -0.1) is 12.4 Å². The first-order chi connectivity index (χ1) is 12.1. The summed E-state index contributed by atoms with van der Waals surface area (Å²) in [5.74, 6) is 0.0209. The van der Waals surface area contributed by atoms with Crippen molar-refractivity contribution < 1.29 is 9.59 Å². The molecule has 7 nitrogen and oxygen atoms in total. The van der Waals surface area contributed by atoms with Gasteiger partial charge in [-0.1, -0.05) is 0 Å². The third kappa shape index (κ3) is 4.63. The van der Waals surface area contributed by atoms with Crippen molar-refractivity contribution in [3.63, 3.8) is 0 Å². The Kier molecular flexibility index (Phi) is 7.19. The van der Waals surface area contributed by atoms with Crippen LogP contribution in [0.25, 0.3) is 0 Å². The van der Waals surface area contributed by atoms with Gasteiger partial charge in [0, 0.05) is 48.9 Å².